The van der Waals surface area contributed by atoms with Crippen LogP contribution in [0, 0.1) is 0 Å². The molecule has 0 radical (unpaired) electrons. The van der Waals surface area contributed by atoms with Gasteiger partial charge < -0.3 is 13.4 Å². The highest BCUT2D eigenvalue weighted by Crippen LogP contribution is 2.43. The van der Waals surface area contributed by atoms with E-state index in [4.69, 9.17) is 23.8 Å². The Kier molecular flexibility index (Phi) is 8.79. The zero-order valence-electron chi connectivity index (χ0n) is 37.0. The second kappa shape index (κ2) is 15.6. The molecule has 0 bridgehead atoms. The van der Waals surface area contributed by atoms with E-state index in [2.05, 4.69) is 187 Å². The lowest BCUT2D eigenvalue weighted by Crippen LogP contribution is -2.00. The van der Waals surface area contributed by atoms with Crippen molar-refractivity contribution >= 4 is 65.7 Å². The minimum atomic E-state index is 0.579. The third kappa shape index (κ3) is 6.45. The van der Waals surface area contributed by atoms with E-state index < -0.39 is 0 Å². The van der Waals surface area contributed by atoms with Gasteiger partial charge in [-0.3, -0.25) is 0 Å². The van der Waals surface area contributed by atoms with Gasteiger partial charge in [0, 0.05) is 60.8 Å². The van der Waals surface area contributed by atoms with Crippen LogP contribution in [-0.4, -0.2) is 19.5 Å². The van der Waals surface area contributed by atoms with Crippen LogP contribution in [0.3, 0.4) is 0 Å². The molecule has 0 aliphatic rings. The summed E-state index contributed by atoms with van der Waals surface area (Å²) in [5.41, 5.74) is 16.0. The van der Waals surface area contributed by atoms with Crippen LogP contribution in [0.5, 0.6) is 0 Å². The Balaban J connectivity index is 0.865. The number of aromatic nitrogens is 4. The SMILES string of the molecule is c1ccc(-c2ccc(-c3nc(-c4ccccc4)nc(-c4cccc5oc6cc(-c7cccc8oc9cc(-n%10c%11ccccc%11c%11cc(-c%12ccccc%12)ccc%11%10)ccc9c78)ccc6c45)n3)cc2)cc1. The number of rotatable bonds is 7. The van der Waals surface area contributed by atoms with Gasteiger partial charge in [-0.15, -0.1) is 0 Å². The number of furan rings is 2. The van der Waals surface area contributed by atoms with Crippen LogP contribution in [0.15, 0.2) is 239 Å². The van der Waals surface area contributed by atoms with Crippen LogP contribution < -0.4 is 0 Å². The maximum Gasteiger partial charge on any atom is 0.164 e. The molecule has 0 fully saturated rings. The van der Waals surface area contributed by atoms with Crippen molar-refractivity contribution in [2.75, 3.05) is 0 Å². The normalized spacial score (nSPS) is 11.8. The summed E-state index contributed by atoms with van der Waals surface area (Å²) < 4.78 is 15.8. The first-order valence-corrected chi connectivity index (χ1v) is 23.2. The summed E-state index contributed by atoms with van der Waals surface area (Å²) in [6.07, 6.45) is 0. The van der Waals surface area contributed by atoms with E-state index in [1.54, 1.807) is 0 Å². The van der Waals surface area contributed by atoms with E-state index in [9.17, 15) is 0 Å². The minimum Gasteiger partial charge on any atom is -0.456 e. The molecule has 14 rings (SSSR count). The highest BCUT2D eigenvalue weighted by molar-refractivity contribution is 6.16. The molecule has 0 amide bonds. The van der Waals surface area contributed by atoms with Crippen molar-refractivity contribution in [3.05, 3.63) is 231 Å². The molecule has 4 aromatic heterocycles. The Morgan fingerprint density at radius 3 is 1.48 bits per heavy atom. The molecular weight excluding hydrogens is 845 g/mol. The largest absolute Gasteiger partial charge is 0.456 e. The molecule has 4 heterocycles. The van der Waals surface area contributed by atoms with Gasteiger partial charge in [-0.25, -0.2) is 15.0 Å². The van der Waals surface area contributed by atoms with Crippen LogP contribution in [-0.2, 0) is 0 Å². The van der Waals surface area contributed by atoms with Crippen molar-refractivity contribution < 1.29 is 8.83 Å². The Labute approximate surface area is 396 Å². The molecule has 6 heteroatoms. The number of hydrogen-bond acceptors (Lipinski definition) is 5. The first-order chi connectivity index (χ1) is 34.2. The quantitative estimate of drug-likeness (QED) is 0.159. The number of fused-ring (bicyclic) bond motifs is 9. The molecule has 0 saturated heterocycles. The highest BCUT2D eigenvalue weighted by atomic mass is 16.3. The molecule has 0 saturated carbocycles. The lowest BCUT2D eigenvalue weighted by atomic mass is 9.97. The fourth-order valence-electron chi connectivity index (χ4n) is 10.2. The highest BCUT2D eigenvalue weighted by Gasteiger charge is 2.21. The van der Waals surface area contributed by atoms with Crippen LogP contribution >= 0.6 is 0 Å². The summed E-state index contributed by atoms with van der Waals surface area (Å²) in [5.74, 6) is 1.79. The maximum absolute atomic E-state index is 6.71. The summed E-state index contributed by atoms with van der Waals surface area (Å²) in [7, 11) is 0. The van der Waals surface area contributed by atoms with E-state index in [0.717, 1.165) is 99.5 Å². The van der Waals surface area contributed by atoms with Crippen LogP contribution in [0.1, 0.15) is 0 Å². The molecule has 6 nitrogen and oxygen atoms in total. The zero-order valence-corrected chi connectivity index (χ0v) is 37.0. The van der Waals surface area contributed by atoms with Crippen molar-refractivity contribution in [1.82, 2.24) is 19.5 Å². The third-order valence-corrected chi connectivity index (χ3v) is 13.5. The third-order valence-electron chi connectivity index (χ3n) is 13.5. The van der Waals surface area contributed by atoms with Gasteiger partial charge in [0.15, 0.2) is 17.5 Å². The van der Waals surface area contributed by atoms with Gasteiger partial charge in [-0.2, -0.15) is 0 Å². The van der Waals surface area contributed by atoms with Gasteiger partial charge in [-0.1, -0.05) is 170 Å². The van der Waals surface area contributed by atoms with Crippen LogP contribution in [0.2, 0.25) is 0 Å². The first kappa shape index (κ1) is 38.8. The Morgan fingerprint density at radius 2 is 0.768 bits per heavy atom. The molecular formula is C63H38N4O2. The lowest BCUT2D eigenvalue weighted by Gasteiger charge is -2.10. The molecule has 0 spiro atoms. The van der Waals surface area contributed by atoms with Crippen molar-refractivity contribution in [1.29, 1.82) is 0 Å². The Bertz CT molecular complexity index is 4290. The Morgan fingerprint density at radius 1 is 0.275 bits per heavy atom. The molecule has 0 unspecified atom stereocenters. The van der Waals surface area contributed by atoms with Gasteiger partial charge in [0.25, 0.3) is 0 Å². The number of para-hydroxylation sites is 1. The molecule has 0 atom stereocenters. The monoisotopic (exact) mass is 882 g/mol. The molecule has 322 valence electrons. The van der Waals surface area contributed by atoms with Gasteiger partial charge in [0.1, 0.15) is 22.3 Å². The predicted octanol–water partition coefficient (Wildman–Crippen LogP) is 16.8. The van der Waals surface area contributed by atoms with Gasteiger partial charge in [0.05, 0.1) is 11.0 Å². The van der Waals surface area contributed by atoms with E-state index in [1.165, 1.54) is 21.9 Å². The molecule has 0 N–H and O–H groups in total. The topological polar surface area (TPSA) is 69.9 Å². The zero-order chi connectivity index (χ0) is 45.4. The minimum absolute atomic E-state index is 0.579. The molecule has 0 aliphatic heterocycles. The standard InChI is InChI=1S/C63H38N4O2/c1-4-14-39(15-5-1)41-26-28-43(29-27-41)62-64-61(42-18-8-3-9-19-42)65-63(66-62)51-22-13-25-56-60(51)49-33-30-45(37-57(49)68-56)47-21-12-24-55-59(47)50-34-32-46(38-58(50)69-55)67-53-23-11-10-20-48(53)52-36-44(31-35-54(52)67)40-16-6-2-7-17-40/h1-38H. The van der Waals surface area contributed by atoms with Crippen LogP contribution in [0.25, 0.3) is 139 Å². The molecule has 69 heavy (non-hydrogen) atoms. The number of nitrogens with zero attached hydrogens (tertiary/aromatic N) is 4. The van der Waals surface area contributed by atoms with E-state index in [1.807, 2.05) is 48.5 Å². The van der Waals surface area contributed by atoms with Crippen molar-refractivity contribution in [2.24, 2.45) is 0 Å². The summed E-state index contributed by atoms with van der Waals surface area (Å²) in [4.78, 5) is 15.3. The van der Waals surface area contributed by atoms with Crippen molar-refractivity contribution in [2.45, 2.75) is 0 Å². The Hall–Kier alpha value is -9.39. The van der Waals surface area contributed by atoms with Crippen molar-refractivity contribution in [3.63, 3.8) is 0 Å². The summed E-state index contributed by atoms with van der Waals surface area (Å²) in [5, 5.41) is 6.48. The summed E-state index contributed by atoms with van der Waals surface area (Å²) in [6, 6.07) is 80.3. The first-order valence-electron chi connectivity index (χ1n) is 23.2. The second-order valence-corrected chi connectivity index (χ2v) is 17.5. The van der Waals surface area contributed by atoms with E-state index in [0.29, 0.717) is 17.5 Å². The molecule has 14 aromatic rings. The van der Waals surface area contributed by atoms with Gasteiger partial charge in [0.2, 0.25) is 0 Å². The molecule has 0 aliphatic carbocycles. The fraction of sp³-hybridized carbons (Fsp3) is 0. The fourth-order valence-corrected chi connectivity index (χ4v) is 10.2. The predicted molar refractivity (Wildman–Crippen MR) is 281 cm³/mol. The van der Waals surface area contributed by atoms with Crippen LogP contribution in [0.4, 0.5) is 0 Å². The lowest BCUT2D eigenvalue weighted by molar-refractivity contribution is 0.668. The average molecular weight is 883 g/mol. The van der Waals surface area contributed by atoms with Crippen molar-refractivity contribution in [3.8, 4) is 73.2 Å². The van der Waals surface area contributed by atoms with E-state index >= 15 is 0 Å². The summed E-state index contributed by atoms with van der Waals surface area (Å²) in [6.45, 7) is 0. The second-order valence-electron chi connectivity index (χ2n) is 17.5. The van der Waals surface area contributed by atoms with E-state index in [-0.39, 0.29) is 0 Å². The number of benzene rings is 10. The molecule has 10 aromatic carbocycles. The average Bonchev–Trinajstić information content (AvgIpc) is 4.10. The summed E-state index contributed by atoms with van der Waals surface area (Å²) >= 11 is 0. The van der Waals surface area contributed by atoms with Gasteiger partial charge >= 0.3 is 0 Å². The smallest absolute Gasteiger partial charge is 0.164 e. The maximum atomic E-state index is 6.71. The number of hydrogen-bond donors (Lipinski definition) is 0. The van der Waals surface area contributed by atoms with Gasteiger partial charge in [-0.05, 0) is 88.0 Å².